The van der Waals surface area contributed by atoms with Gasteiger partial charge in [-0.05, 0) is 80.6 Å². The van der Waals surface area contributed by atoms with E-state index in [-0.39, 0.29) is 43.1 Å². The van der Waals surface area contributed by atoms with Gasteiger partial charge in [0, 0.05) is 32.2 Å². The van der Waals surface area contributed by atoms with Gasteiger partial charge in [0.05, 0.1) is 17.2 Å². The zero-order valence-electron chi connectivity index (χ0n) is 27.7. The molecule has 3 atom stereocenters. The Morgan fingerprint density at radius 3 is 2.18 bits per heavy atom. The van der Waals surface area contributed by atoms with Crippen LogP contribution < -0.4 is 14.8 Å². The Bertz CT molecular complexity index is 1700. The first-order valence-corrected chi connectivity index (χ1v) is 15.3. The number of ketones is 1. The number of carboxylic acid groups (broad SMARTS) is 1. The number of halogens is 2. The van der Waals surface area contributed by atoms with Crippen LogP contribution >= 0.6 is 0 Å². The molecule has 1 fully saturated rings. The highest BCUT2D eigenvalue weighted by Gasteiger charge is 2.46. The zero-order valence-corrected chi connectivity index (χ0v) is 27.7. The van der Waals surface area contributed by atoms with E-state index in [0.29, 0.717) is 22.4 Å². The summed E-state index contributed by atoms with van der Waals surface area (Å²) in [6.45, 7) is 4.43. The molecule has 3 unspecified atom stereocenters. The molecule has 49 heavy (non-hydrogen) atoms. The molecule has 2 amide bonds. The average Bonchev–Trinajstić information content (AvgIpc) is 3.25. The lowest BCUT2D eigenvalue weighted by Gasteiger charge is -2.36. The molecular weight excluding hydrogens is 646 g/mol. The first-order valence-electron chi connectivity index (χ1n) is 15.3. The van der Waals surface area contributed by atoms with Crippen LogP contribution in [0.25, 0.3) is 0 Å². The Morgan fingerprint density at radius 1 is 0.898 bits per heavy atom. The molecule has 0 bridgehead atoms. The van der Waals surface area contributed by atoms with Crippen LogP contribution in [0.1, 0.15) is 60.6 Å². The second kappa shape index (κ2) is 16.3. The predicted molar refractivity (Wildman–Crippen MR) is 171 cm³/mol. The van der Waals surface area contributed by atoms with E-state index in [1.54, 1.807) is 45.0 Å². The topological polar surface area (TPSA) is 150 Å². The fourth-order valence-corrected chi connectivity index (χ4v) is 5.82. The van der Waals surface area contributed by atoms with Gasteiger partial charge in [0.2, 0.25) is 6.23 Å². The summed E-state index contributed by atoms with van der Waals surface area (Å²) in [5.41, 5.74) is 1.10. The van der Waals surface area contributed by atoms with E-state index in [4.69, 9.17) is 23.7 Å². The number of nitrogens with zero attached hydrogens (tertiary/aromatic N) is 1. The standard InChI is InChI=1S/C35H38F2N2O10/c1-19-16-26(48-18-46-5)20(2)21(3)27(19)32(41)38-30-23(31(40)28-25(47-17-45-4)14-13-24(36)29(28)37)12-9-15-39(35(43)44)33(30)49-34(42)22-10-7-6-8-11-22/h6-8,10-11,13-14,16,23,30,33H,9,12,15,17-18H2,1-5H3,(H,38,41)(H,43,44). The van der Waals surface area contributed by atoms with Crippen LogP contribution in [-0.4, -0.2) is 80.4 Å². The van der Waals surface area contributed by atoms with Crippen LogP contribution in [0.2, 0.25) is 0 Å². The average molecular weight is 685 g/mol. The van der Waals surface area contributed by atoms with Gasteiger partial charge in [-0.25, -0.2) is 18.4 Å². The normalized spacial score (nSPS) is 17.5. The quantitative estimate of drug-likeness (QED) is 0.144. The predicted octanol–water partition coefficient (Wildman–Crippen LogP) is 5.41. The monoisotopic (exact) mass is 684 g/mol. The van der Waals surface area contributed by atoms with Crippen LogP contribution in [0.3, 0.4) is 0 Å². The van der Waals surface area contributed by atoms with Crippen LogP contribution in [0.5, 0.6) is 11.5 Å². The minimum absolute atomic E-state index is 0.0384. The van der Waals surface area contributed by atoms with E-state index in [2.05, 4.69) is 5.32 Å². The number of hydrogen-bond donors (Lipinski definition) is 2. The highest BCUT2D eigenvalue weighted by atomic mass is 19.2. The maximum atomic E-state index is 15.4. The van der Waals surface area contributed by atoms with Gasteiger partial charge in [-0.3, -0.25) is 14.5 Å². The molecule has 0 aliphatic carbocycles. The molecular formula is C35H38F2N2O10. The van der Waals surface area contributed by atoms with E-state index in [0.717, 1.165) is 17.0 Å². The molecule has 3 aromatic rings. The number of carbonyl (C=O) groups excluding carboxylic acids is 3. The fourth-order valence-electron chi connectivity index (χ4n) is 5.82. The van der Waals surface area contributed by atoms with Gasteiger partial charge in [-0.15, -0.1) is 0 Å². The molecule has 1 saturated heterocycles. The molecule has 2 N–H and O–H groups in total. The van der Waals surface area contributed by atoms with Crippen molar-refractivity contribution < 1.29 is 56.7 Å². The van der Waals surface area contributed by atoms with E-state index in [1.165, 1.54) is 26.4 Å². The molecule has 1 heterocycles. The number of amides is 2. The van der Waals surface area contributed by atoms with Gasteiger partial charge in [-0.2, -0.15) is 0 Å². The highest BCUT2D eigenvalue weighted by molar-refractivity contribution is 6.03. The van der Waals surface area contributed by atoms with Gasteiger partial charge < -0.3 is 34.1 Å². The van der Waals surface area contributed by atoms with E-state index in [1.807, 2.05) is 0 Å². The Hall–Kier alpha value is -5.08. The zero-order chi connectivity index (χ0) is 35.8. The van der Waals surface area contributed by atoms with Crippen molar-refractivity contribution in [3.63, 3.8) is 0 Å². The first kappa shape index (κ1) is 36.8. The summed E-state index contributed by atoms with van der Waals surface area (Å²) in [5.74, 6) is -6.80. The molecule has 0 aromatic heterocycles. The second-order valence-electron chi connectivity index (χ2n) is 11.4. The Kier molecular flexibility index (Phi) is 12.3. The van der Waals surface area contributed by atoms with Crippen LogP contribution in [0, 0.1) is 38.3 Å². The number of aryl methyl sites for hydroxylation is 1. The minimum Gasteiger partial charge on any atom is -0.467 e. The largest absolute Gasteiger partial charge is 0.467 e. The number of hydrogen-bond acceptors (Lipinski definition) is 9. The van der Waals surface area contributed by atoms with Gasteiger partial charge in [0.25, 0.3) is 5.91 Å². The van der Waals surface area contributed by atoms with Crippen LogP contribution in [0.4, 0.5) is 13.6 Å². The molecule has 0 spiro atoms. The van der Waals surface area contributed by atoms with Crippen molar-refractivity contribution >= 4 is 23.8 Å². The third kappa shape index (κ3) is 8.15. The van der Waals surface area contributed by atoms with Crippen molar-refractivity contribution in [3.05, 3.63) is 93.5 Å². The summed E-state index contributed by atoms with van der Waals surface area (Å²) < 4.78 is 56.7. The molecule has 0 saturated carbocycles. The SMILES string of the molecule is COCOc1cc(C)c(C(=O)NC2C(C(=O)c3c(OCOC)ccc(F)c3F)CCCN(C(=O)O)C2OC(=O)c2ccccc2)c(C)c1C. The van der Waals surface area contributed by atoms with Crippen molar-refractivity contribution in [2.45, 2.75) is 45.9 Å². The number of methoxy groups -OCH3 is 2. The number of ether oxygens (including phenoxy) is 5. The lowest BCUT2D eigenvalue weighted by Crippen LogP contribution is -2.58. The summed E-state index contributed by atoms with van der Waals surface area (Å²) in [4.78, 5) is 55.3. The fraction of sp³-hybridized carbons (Fsp3) is 0.371. The molecule has 1 aliphatic heterocycles. The Morgan fingerprint density at radius 2 is 1.55 bits per heavy atom. The molecule has 14 heteroatoms. The van der Waals surface area contributed by atoms with Crippen molar-refractivity contribution in [2.24, 2.45) is 5.92 Å². The summed E-state index contributed by atoms with van der Waals surface area (Å²) in [7, 11) is 2.76. The van der Waals surface area contributed by atoms with Crippen LogP contribution in [-0.2, 0) is 14.2 Å². The summed E-state index contributed by atoms with van der Waals surface area (Å²) >= 11 is 0. The highest BCUT2D eigenvalue weighted by Crippen LogP contribution is 2.34. The van der Waals surface area contributed by atoms with Crippen LogP contribution in [0.15, 0.2) is 48.5 Å². The van der Waals surface area contributed by atoms with E-state index < -0.39 is 65.9 Å². The summed E-state index contributed by atoms with van der Waals surface area (Å²) in [6.07, 6.45) is -3.32. The Balaban J connectivity index is 1.87. The van der Waals surface area contributed by atoms with Gasteiger partial charge in [0.1, 0.15) is 11.5 Å². The molecule has 12 nitrogen and oxygen atoms in total. The van der Waals surface area contributed by atoms with Gasteiger partial charge in [0.15, 0.2) is 31.0 Å². The lowest BCUT2D eigenvalue weighted by atomic mass is 9.85. The van der Waals surface area contributed by atoms with Gasteiger partial charge in [-0.1, -0.05) is 18.2 Å². The number of carbonyl (C=O) groups is 4. The second-order valence-corrected chi connectivity index (χ2v) is 11.4. The smallest absolute Gasteiger partial charge is 0.410 e. The molecule has 3 aromatic carbocycles. The molecule has 4 rings (SSSR count). The summed E-state index contributed by atoms with van der Waals surface area (Å²) in [5, 5.41) is 13.0. The van der Waals surface area contributed by atoms with E-state index in [9.17, 15) is 28.7 Å². The summed E-state index contributed by atoms with van der Waals surface area (Å²) in [6, 6.07) is 9.62. The third-order valence-electron chi connectivity index (χ3n) is 8.32. The minimum atomic E-state index is -1.77. The van der Waals surface area contributed by atoms with Crippen molar-refractivity contribution in [2.75, 3.05) is 34.4 Å². The number of Topliss-reactive ketones (excluding diaryl/α,β-unsaturated/α-hetero) is 1. The maximum absolute atomic E-state index is 15.4. The number of nitrogens with one attached hydrogen (secondary N) is 1. The maximum Gasteiger partial charge on any atom is 0.410 e. The van der Waals surface area contributed by atoms with Crippen molar-refractivity contribution in [1.82, 2.24) is 10.2 Å². The van der Waals surface area contributed by atoms with Gasteiger partial charge >= 0.3 is 12.1 Å². The molecule has 262 valence electrons. The number of benzene rings is 3. The van der Waals surface area contributed by atoms with Crippen molar-refractivity contribution in [1.29, 1.82) is 0 Å². The third-order valence-corrected chi connectivity index (χ3v) is 8.32. The number of rotatable bonds is 12. The van der Waals surface area contributed by atoms with E-state index >= 15 is 4.39 Å². The number of likely N-dealkylation sites (tertiary alicyclic amines) is 1. The number of esters is 1. The Labute approximate surface area is 281 Å². The first-order chi connectivity index (χ1) is 23.4. The van der Waals surface area contributed by atoms with Crippen molar-refractivity contribution in [3.8, 4) is 11.5 Å². The molecule has 0 radical (unpaired) electrons. The molecule has 1 aliphatic rings. The lowest BCUT2D eigenvalue weighted by molar-refractivity contribution is -0.0417.